The van der Waals surface area contributed by atoms with Gasteiger partial charge in [0.1, 0.15) is 0 Å². The lowest BCUT2D eigenvalue weighted by atomic mass is 9.43. The lowest BCUT2D eigenvalue weighted by Gasteiger charge is -2.63. The van der Waals surface area contributed by atoms with E-state index in [0.29, 0.717) is 11.8 Å². The highest BCUT2D eigenvalue weighted by atomic mass is 16.3. The van der Waals surface area contributed by atoms with Crippen LogP contribution >= 0.6 is 0 Å². The molecule has 4 saturated carbocycles. The average molecular weight is 362 g/mol. The second-order valence-electron chi connectivity index (χ2n) is 10.2. The summed E-state index contributed by atoms with van der Waals surface area (Å²) in [5.41, 5.74) is 1.55. The normalized spacial score (nSPS) is 53.4. The maximum atomic E-state index is 11.5. The lowest BCUT2D eigenvalue weighted by Crippen LogP contribution is -2.64. The Morgan fingerprint density at radius 1 is 1.08 bits per heavy atom. The van der Waals surface area contributed by atoms with E-state index in [1.54, 1.807) is 6.92 Å². The number of carbonyl (C=O) groups is 1. The molecule has 26 heavy (non-hydrogen) atoms. The highest BCUT2D eigenvalue weighted by Crippen LogP contribution is 2.67. The molecule has 4 aliphatic rings. The quantitative estimate of drug-likeness (QED) is 0.629. The molecule has 0 heterocycles. The zero-order chi connectivity index (χ0) is 18.9. The van der Waals surface area contributed by atoms with E-state index in [1.807, 2.05) is 0 Å². The van der Waals surface area contributed by atoms with Gasteiger partial charge in [0.15, 0.2) is 0 Å². The first-order valence-corrected chi connectivity index (χ1v) is 10.5. The standard InChI is InChI=1S/C22H35NO3/c1-12-5-6-15-18-16(8-10-21(12,15)3)22(4)9-7-14(23-13(2)24)11-17(22)19(25)20(18)26/h14-20,25-26H,1,5-11H2,2-4H3,(H,23,24). The Morgan fingerprint density at radius 2 is 1.81 bits per heavy atom. The Kier molecular flexibility index (Phi) is 4.31. The molecular formula is C22H35NO3. The molecular weight excluding hydrogens is 326 g/mol. The first kappa shape index (κ1) is 18.5. The number of hydrogen-bond acceptors (Lipinski definition) is 3. The molecule has 4 rings (SSSR count). The molecule has 0 saturated heterocycles. The van der Waals surface area contributed by atoms with E-state index in [1.165, 1.54) is 5.57 Å². The monoisotopic (exact) mass is 361 g/mol. The molecule has 0 aromatic rings. The van der Waals surface area contributed by atoms with Crippen LogP contribution in [0.3, 0.4) is 0 Å². The van der Waals surface area contributed by atoms with Crippen LogP contribution in [0.25, 0.3) is 0 Å². The van der Waals surface area contributed by atoms with Crippen molar-refractivity contribution < 1.29 is 15.0 Å². The van der Waals surface area contributed by atoms with E-state index in [9.17, 15) is 15.0 Å². The van der Waals surface area contributed by atoms with Gasteiger partial charge in [-0.2, -0.15) is 0 Å². The second kappa shape index (κ2) is 6.07. The van der Waals surface area contributed by atoms with Crippen LogP contribution < -0.4 is 5.32 Å². The number of aliphatic hydroxyl groups excluding tert-OH is 2. The van der Waals surface area contributed by atoms with Gasteiger partial charge in [0, 0.05) is 13.0 Å². The zero-order valence-corrected chi connectivity index (χ0v) is 16.5. The van der Waals surface area contributed by atoms with Crippen molar-refractivity contribution in [2.75, 3.05) is 0 Å². The third kappa shape index (κ3) is 2.44. The Labute approximate surface area is 157 Å². The van der Waals surface area contributed by atoms with Crippen LogP contribution in [0.5, 0.6) is 0 Å². The molecule has 4 fully saturated rings. The predicted octanol–water partition coefficient (Wildman–Crippen LogP) is 3.03. The summed E-state index contributed by atoms with van der Waals surface area (Å²) in [5.74, 6) is 1.16. The summed E-state index contributed by atoms with van der Waals surface area (Å²) in [7, 11) is 0. The van der Waals surface area contributed by atoms with E-state index >= 15 is 0 Å². The zero-order valence-electron chi connectivity index (χ0n) is 16.5. The molecule has 3 N–H and O–H groups in total. The minimum absolute atomic E-state index is 0.000211. The van der Waals surface area contributed by atoms with Crippen LogP contribution in [0.4, 0.5) is 0 Å². The number of allylic oxidation sites excluding steroid dienone is 1. The summed E-state index contributed by atoms with van der Waals surface area (Å²) in [6, 6.07) is 0.129. The van der Waals surface area contributed by atoms with Gasteiger partial charge in [-0.1, -0.05) is 26.0 Å². The van der Waals surface area contributed by atoms with Crippen LogP contribution in [0.15, 0.2) is 12.2 Å². The van der Waals surface area contributed by atoms with Crippen molar-refractivity contribution in [2.24, 2.45) is 34.5 Å². The Hall–Kier alpha value is -0.870. The van der Waals surface area contributed by atoms with Crippen molar-refractivity contribution in [1.82, 2.24) is 5.32 Å². The van der Waals surface area contributed by atoms with Gasteiger partial charge in [0.05, 0.1) is 12.2 Å². The summed E-state index contributed by atoms with van der Waals surface area (Å²) < 4.78 is 0. The number of amides is 1. The molecule has 1 amide bonds. The highest BCUT2D eigenvalue weighted by Gasteiger charge is 2.63. The predicted molar refractivity (Wildman–Crippen MR) is 101 cm³/mol. The molecule has 9 unspecified atom stereocenters. The van der Waals surface area contributed by atoms with E-state index in [4.69, 9.17) is 0 Å². The van der Waals surface area contributed by atoms with Crippen molar-refractivity contribution in [3.8, 4) is 0 Å². The SMILES string of the molecule is C=C1CCC2C3C(O)C(O)C4CC(NC(C)=O)CCC4(C)C3CCC12C. The lowest BCUT2D eigenvalue weighted by molar-refractivity contribution is -0.211. The fraction of sp³-hybridized carbons (Fsp3) is 0.864. The molecule has 0 bridgehead atoms. The fourth-order valence-corrected chi connectivity index (χ4v) is 7.59. The number of fused-ring (bicyclic) bond motifs is 5. The summed E-state index contributed by atoms with van der Waals surface area (Å²) >= 11 is 0. The number of rotatable bonds is 1. The summed E-state index contributed by atoms with van der Waals surface area (Å²) in [4.78, 5) is 11.5. The summed E-state index contributed by atoms with van der Waals surface area (Å²) in [6.45, 7) is 10.6. The van der Waals surface area contributed by atoms with Crippen LogP contribution in [0.1, 0.15) is 65.7 Å². The summed E-state index contributed by atoms with van der Waals surface area (Å²) in [6.07, 6.45) is 5.92. The topological polar surface area (TPSA) is 69.6 Å². The molecule has 146 valence electrons. The summed E-state index contributed by atoms with van der Waals surface area (Å²) in [5, 5.41) is 25.3. The van der Waals surface area contributed by atoms with Gasteiger partial charge in [-0.05, 0) is 79.4 Å². The smallest absolute Gasteiger partial charge is 0.217 e. The van der Waals surface area contributed by atoms with Crippen LogP contribution in [0.2, 0.25) is 0 Å². The first-order chi connectivity index (χ1) is 12.2. The number of hydrogen-bond donors (Lipinski definition) is 3. The maximum Gasteiger partial charge on any atom is 0.217 e. The minimum Gasteiger partial charge on any atom is -0.390 e. The fourth-order valence-electron chi connectivity index (χ4n) is 7.59. The van der Waals surface area contributed by atoms with E-state index in [2.05, 4.69) is 25.7 Å². The van der Waals surface area contributed by atoms with Crippen molar-refractivity contribution >= 4 is 5.91 Å². The van der Waals surface area contributed by atoms with Crippen LogP contribution in [-0.4, -0.2) is 34.4 Å². The molecule has 0 aromatic heterocycles. The Bertz CT molecular complexity index is 619. The van der Waals surface area contributed by atoms with Crippen molar-refractivity contribution in [2.45, 2.75) is 84.0 Å². The molecule has 0 aromatic carbocycles. The third-order valence-electron chi connectivity index (χ3n) is 9.12. The average Bonchev–Trinajstić information content (AvgIpc) is 2.88. The number of aliphatic hydroxyl groups is 2. The molecule has 4 nitrogen and oxygen atoms in total. The molecule has 0 spiro atoms. The van der Waals surface area contributed by atoms with Crippen molar-refractivity contribution in [3.05, 3.63) is 12.2 Å². The number of carbonyl (C=O) groups excluding carboxylic acids is 1. The molecule has 9 atom stereocenters. The third-order valence-corrected chi connectivity index (χ3v) is 9.12. The second-order valence-corrected chi connectivity index (χ2v) is 10.2. The van der Waals surface area contributed by atoms with E-state index in [-0.39, 0.29) is 34.6 Å². The Morgan fingerprint density at radius 3 is 2.50 bits per heavy atom. The van der Waals surface area contributed by atoms with Gasteiger partial charge in [-0.25, -0.2) is 0 Å². The maximum absolute atomic E-state index is 11.5. The molecule has 0 radical (unpaired) electrons. The molecule has 4 heteroatoms. The molecule has 4 aliphatic carbocycles. The van der Waals surface area contributed by atoms with E-state index in [0.717, 1.165) is 44.9 Å². The minimum atomic E-state index is -0.686. The van der Waals surface area contributed by atoms with Crippen LogP contribution in [0, 0.1) is 34.5 Å². The largest absolute Gasteiger partial charge is 0.390 e. The van der Waals surface area contributed by atoms with Gasteiger partial charge in [-0.15, -0.1) is 0 Å². The van der Waals surface area contributed by atoms with Gasteiger partial charge in [0.25, 0.3) is 0 Å². The van der Waals surface area contributed by atoms with Gasteiger partial charge < -0.3 is 15.5 Å². The number of nitrogens with one attached hydrogen (secondary N) is 1. The Balaban J connectivity index is 1.64. The van der Waals surface area contributed by atoms with Crippen molar-refractivity contribution in [1.29, 1.82) is 0 Å². The first-order valence-electron chi connectivity index (χ1n) is 10.5. The van der Waals surface area contributed by atoms with Crippen molar-refractivity contribution in [3.63, 3.8) is 0 Å². The van der Waals surface area contributed by atoms with Gasteiger partial charge in [-0.3, -0.25) is 4.79 Å². The van der Waals surface area contributed by atoms with Gasteiger partial charge in [0.2, 0.25) is 5.91 Å². The van der Waals surface area contributed by atoms with E-state index < -0.39 is 12.2 Å². The molecule has 0 aliphatic heterocycles. The van der Waals surface area contributed by atoms with Crippen LogP contribution in [-0.2, 0) is 4.79 Å². The van der Waals surface area contributed by atoms with Gasteiger partial charge >= 0.3 is 0 Å². The highest BCUT2D eigenvalue weighted by molar-refractivity contribution is 5.73.